The Bertz CT molecular complexity index is 1080. The van der Waals surface area contributed by atoms with Gasteiger partial charge in [-0.2, -0.15) is 0 Å². The van der Waals surface area contributed by atoms with Gasteiger partial charge in [0.05, 0.1) is 0 Å². The summed E-state index contributed by atoms with van der Waals surface area (Å²) in [5.74, 6) is -3.74. The number of carbonyl (C=O) groups is 3. The predicted molar refractivity (Wildman–Crippen MR) is 110 cm³/mol. The van der Waals surface area contributed by atoms with Gasteiger partial charge in [0, 0.05) is 47.9 Å². The number of aliphatic hydroxyl groups is 1. The lowest BCUT2D eigenvalue weighted by Crippen LogP contribution is -2.46. The molecule has 0 unspecified atom stereocenters. The van der Waals surface area contributed by atoms with E-state index in [1.165, 1.54) is 23.1 Å². The third-order valence-electron chi connectivity index (χ3n) is 5.24. The molecule has 2 aliphatic heterocycles. The van der Waals surface area contributed by atoms with Crippen LogP contribution in [0.1, 0.15) is 24.0 Å². The number of ether oxygens (including phenoxy) is 1. The van der Waals surface area contributed by atoms with Gasteiger partial charge in [-0.1, -0.05) is 11.6 Å². The summed E-state index contributed by atoms with van der Waals surface area (Å²) < 4.78 is 18.7. The average molecular weight is 448 g/mol. The number of benzene rings is 2. The molecule has 0 radical (unpaired) electrons. The minimum atomic E-state index is -2.33. The molecule has 31 heavy (non-hydrogen) atoms. The number of aryl methyl sites for hydroxylation is 1. The molecule has 0 spiro atoms. The van der Waals surface area contributed by atoms with Crippen LogP contribution in [0.2, 0.25) is 5.02 Å². The number of halogens is 2. The molecule has 10 heteroatoms. The molecule has 2 heterocycles. The zero-order valence-corrected chi connectivity index (χ0v) is 17.0. The highest BCUT2D eigenvalue weighted by atomic mass is 35.5. The van der Waals surface area contributed by atoms with Gasteiger partial charge in [0.1, 0.15) is 5.82 Å². The van der Waals surface area contributed by atoms with Gasteiger partial charge in [-0.3, -0.25) is 9.59 Å². The van der Waals surface area contributed by atoms with E-state index in [1.54, 1.807) is 18.2 Å². The zero-order chi connectivity index (χ0) is 22.2. The van der Waals surface area contributed by atoms with Crippen molar-refractivity contribution in [3.8, 4) is 0 Å². The van der Waals surface area contributed by atoms with E-state index >= 15 is 0 Å². The van der Waals surface area contributed by atoms with Crippen molar-refractivity contribution in [2.45, 2.75) is 31.6 Å². The maximum atomic E-state index is 13.8. The topological polar surface area (TPSA) is 108 Å². The molecule has 1 atom stereocenters. The number of nitrogens with zero attached hydrogens (tertiary/aromatic N) is 1. The highest BCUT2D eigenvalue weighted by Gasteiger charge is 2.49. The van der Waals surface area contributed by atoms with Crippen molar-refractivity contribution < 1.29 is 28.6 Å². The van der Waals surface area contributed by atoms with E-state index in [0.29, 0.717) is 29.2 Å². The van der Waals surface area contributed by atoms with Crippen LogP contribution >= 0.6 is 11.6 Å². The molecule has 4 rings (SSSR count). The Morgan fingerprint density at radius 3 is 2.87 bits per heavy atom. The number of hydrogen-bond donors (Lipinski definition) is 3. The van der Waals surface area contributed by atoms with Gasteiger partial charge >= 0.3 is 6.09 Å². The molecule has 0 aromatic heterocycles. The molecule has 1 saturated heterocycles. The monoisotopic (exact) mass is 447 g/mol. The highest BCUT2D eigenvalue weighted by Crippen LogP contribution is 2.33. The quantitative estimate of drug-likeness (QED) is 0.624. The van der Waals surface area contributed by atoms with Crippen molar-refractivity contribution in [3.63, 3.8) is 0 Å². The molecule has 0 saturated carbocycles. The SMILES string of the molecule is O=C1CCc2cc(N3CC[C@](O)(OC(=O)NCc4cc(Cl)ccc4F)C3=O)ccc2N1. The first-order chi connectivity index (χ1) is 14.7. The Labute approximate surface area is 181 Å². The van der Waals surface area contributed by atoms with Crippen LogP contribution in [0.5, 0.6) is 0 Å². The summed E-state index contributed by atoms with van der Waals surface area (Å²) in [6, 6.07) is 9.01. The van der Waals surface area contributed by atoms with Crippen LogP contribution in [0.15, 0.2) is 36.4 Å². The molecule has 2 aromatic carbocycles. The first-order valence-electron chi connectivity index (χ1n) is 9.63. The van der Waals surface area contributed by atoms with E-state index < -0.39 is 23.6 Å². The van der Waals surface area contributed by atoms with Crippen molar-refractivity contribution >= 4 is 40.9 Å². The Morgan fingerprint density at radius 2 is 2.06 bits per heavy atom. The third-order valence-corrected chi connectivity index (χ3v) is 5.48. The third kappa shape index (κ3) is 4.33. The number of rotatable bonds is 4. The molecule has 0 bridgehead atoms. The van der Waals surface area contributed by atoms with E-state index in [2.05, 4.69) is 10.6 Å². The summed E-state index contributed by atoms with van der Waals surface area (Å²) in [5, 5.41) is 16.0. The van der Waals surface area contributed by atoms with Crippen LogP contribution in [0.3, 0.4) is 0 Å². The molecular formula is C21H19ClFN3O5. The van der Waals surface area contributed by atoms with Gasteiger partial charge in [0.15, 0.2) is 0 Å². The smallest absolute Gasteiger partial charge is 0.407 e. The second-order valence-corrected chi connectivity index (χ2v) is 7.80. The van der Waals surface area contributed by atoms with Crippen LogP contribution in [-0.2, 0) is 27.3 Å². The molecule has 1 fully saturated rings. The van der Waals surface area contributed by atoms with Gasteiger partial charge < -0.3 is 25.4 Å². The van der Waals surface area contributed by atoms with Crippen molar-refractivity contribution in [3.05, 3.63) is 58.4 Å². The fraction of sp³-hybridized carbons (Fsp3) is 0.286. The van der Waals surface area contributed by atoms with Gasteiger partial charge in [-0.05, 0) is 48.4 Å². The lowest BCUT2D eigenvalue weighted by Gasteiger charge is -2.24. The lowest BCUT2D eigenvalue weighted by molar-refractivity contribution is -0.175. The molecule has 2 aliphatic rings. The van der Waals surface area contributed by atoms with Crippen LogP contribution < -0.4 is 15.5 Å². The molecule has 8 nitrogen and oxygen atoms in total. The fourth-order valence-corrected chi connectivity index (χ4v) is 3.79. The number of amides is 3. The Hall–Kier alpha value is -3.17. The van der Waals surface area contributed by atoms with Gasteiger partial charge in [-0.15, -0.1) is 0 Å². The van der Waals surface area contributed by atoms with Crippen molar-refractivity contribution in [1.29, 1.82) is 0 Å². The van der Waals surface area contributed by atoms with Gasteiger partial charge in [0.25, 0.3) is 11.7 Å². The Balaban J connectivity index is 1.41. The number of nitrogens with one attached hydrogen (secondary N) is 2. The normalized spacial score (nSPS) is 20.3. The van der Waals surface area contributed by atoms with Crippen LogP contribution in [0.4, 0.5) is 20.6 Å². The maximum absolute atomic E-state index is 13.8. The van der Waals surface area contributed by atoms with E-state index in [9.17, 15) is 23.9 Å². The number of anilines is 2. The van der Waals surface area contributed by atoms with Crippen LogP contribution in [0.25, 0.3) is 0 Å². The summed E-state index contributed by atoms with van der Waals surface area (Å²) in [6.07, 6.45) is -0.297. The van der Waals surface area contributed by atoms with Crippen molar-refractivity contribution in [1.82, 2.24) is 5.32 Å². The average Bonchev–Trinajstić information content (AvgIpc) is 3.02. The number of fused-ring (bicyclic) bond motifs is 1. The minimum absolute atomic E-state index is 0.0658. The summed E-state index contributed by atoms with van der Waals surface area (Å²) in [4.78, 5) is 37.7. The zero-order valence-electron chi connectivity index (χ0n) is 16.3. The maximum Gasteiger partial charge on any atom is 0.410 e. The molecule has 162 valence electrons. The molecule has 2 aromatic rings. The summed E-state index contributed by atoms with van der Waals surface area (Å²) in [7, 11) is 0. The summed E-state index contributed by atoms with van der Waals surface area (Å²) in [5.41, 5.74) is 2.23. The summed E-state index contributed by atoms with van der Waals surface area (Å²) in [6.45, 7) is -0.0908. The molecular weight excluding hydrogens is 429 g/mol. The predicted octanol–water partition coefficient (Wildman–Crippen LogP) is 2.72. The Morgan fingerprint density at radius 1 is 1.26 bits per heavy atom. The van der Waals surface area contributed by atoms with Crippen LogP contribution in [-0.4, -0.2) is 35.3 Å². The Kier molecular flexibility index (Phi) is 5.55. The van der Waals surface area contributed by atoms with Crippen LogP contribution in [0, 0.1) is 5.82 Å². The van der Waals surface area contributed by atoms with Gasteiger partial charge in [0.2, 0.25) is 5.91 Å². The summed E-state index contributed by atoms with van der Waals surface area (Å²) >= 11 is 5.82. The minimum Gasteiger partial charge on any atom is -0.407 e. The van der Waals surface area contributed by atoms with E-state index in [1.807, 2.05) is 0 Å². The molecule has 3 N–H and O–H groups in total. The van der Waals surface area contributed by atoms with Gasteiger partial charge in [-0.25, -0.2) is 9.18 Å². The van der Waals surface area contributed by atoms with Crippen molar-refractivity contribution in [2.75, 3.05) is 16.8 Å². The fourth-order valence-electron chi connectivity index (χ4n) is 3.60. The van der Waals surface area contributed by atoms with E-state index in [0.717, 1.165) is 5.56 Å². The lowest BCUT2D eigenvalue weighted by atomic mass is 10.0. The second kappa shape index (κ2) is 8.16. The van der Waals surface area contributed by atoms with E-state index in [4.69, 9.17) is 16.3 Å². The number of alkyl carbamates (subject to hydrolysis) is 1. The standard InChI is InChI=1S/C21H19ClFN3O5/c22-14-2-4-16(23)13(9-14)11-24-20(29)31-21(30)7-8-26(19(21)28)15-3-5-17-12(10-15)1-6-18(27)25-17/h2-5,9-10,30H,1,6-8,11H2,(H,24,29)(H,25,27)/t21-/m0/s1. The largest absolute Gasteiger partial charge is 0.410 e. The van der Waals surface area contributed by atoms with E-state index in [-0.39, 0.29) is 31.0 Å². The molecule has 3 amide bonds. The first-order valence-corrected chi connectivity index (χ1v) is 10.0. The molecule has 0 aliphatic carbocycles. The second-order valence-electron chi connectivity index (χ2n) is 7.36. The number of carbonyl (C=O) groups excluding carboxylic acids is 3. The number of hydrogen-bond acceptors (Lipinski definition) is 5. The highest BCUT2D eigenvalue weighted by molar-refractivity contribution is 6.30. The van der Waals surface area contributed by atoms with Crippen molar-refractivity contribution in [2.24, 2.45) is 0 Å². The first kappa shape index (κ1) is 21.1.